The van der Waals surface area contributed by atoms with Crippen LogP contribution in [0.2, 0.25) is 0 Å². The van der Waals surface area contributed by atoms with Gasteiger partial charge >= 0.3 is 0 Å². The molecule has 0 saturated carbocycles. The normalized spacial score (nSPS) is 14.4. The number of aliphatic hydroxyl groups is 1. The molecule has 2 amide bonds. The van der Waals surface area contributed by atoms with Gasteiger partial charge in [-0.25, -0.2) is 0 Å². The number of halogens is 1. The standard InChI is InChI=1S/C13H19N3O4.ClH/c1-7(17)11(12(15)19)16-13(20)10(14)6-8-2-4-9(18)5-3-8;/h2-5,7,10-11,17-18H,6,14H2,1H3,(H2,15,19)(H,16,20);1H/t7-,10+,11+;/m1./s1. The molecule has 0 radical (unpaired) electrons. The summed E-state index contributed by atoms with van der Waals surface area (Å²) in [5.74, 6) is -1.29. The third kappa shape index (κ3) is 5.99. The van der Waals surface area contributed by atoms with Crippen LogP contribution in [0.25, 0.3) is 0 Å². The van der Waals surface area contributed by atoms with Gasteiger partial charge in [0.15, 0.2) is 0 Å². The number of benzene rings is 1. The lowest BCUT2D eigenvalue weighted by Crippen LogP contribution is -2.55. The van der Waals surface area contributed by atoms with E-state index in [1.54, 1.807) is 12.1 Å². The first kappa shape index (κ1) is 19.2. The highest BCUT2D eigenvalue weighted by molar-refractivity contribution is 5.89. The second-order valence-electron chi connectivity index (χ2n) is 4.61. The maximum Gasteiger partial charge on any atom is 0.242 e. The summed E-state index contributed by atoms with van der Waals surface area (Å²) in [5, 5.41) is 20.8. The van der Waals surface area contributed by atoms with Crippen molar-refractivity contribution in [2.45, 2.75) is 31.5 Å². The minimum absolute atomic E-state index is 0. The van der Waals surface area contributed by atoms with Crippen LogP contribution in [0.3, 0.4) is 0 Å². The van der Waals surface area contributed by atoms with Gasteiger partial charge in [-0.15, -0.1) is 12.4 Å². The van der Waals surface area contributed by atoms with Crippen molar-refractivity contribution in [3.8, 4) is 5.75 Å². The van der Waals surface area contributed by atoms with E-state index in [0.717, 1.165) is 5.56 Å². The molecule has 7 nitrogen and oxygen atoms in total. The van der Waals surface area contributed by atoms with Crippen molar-refractivity contribution in [1.82, 2.24) is 5.32 Å². The van der Waals surface area contributed by atoms with Crippen LogP contribution >= 0.6 is 12.4 Å². The van der Waals surface area contributed by atoms with Crippen LogP contribution < -0.4 is 16.8 Å². The van der Waals surface area contributed by atoms with Gasteiger partial charge in [0.2, 0.25) is 11.8 Å². The molecule has 1 aromatic carbocycles. The number of hydrogen-bond acceptors (Lipinski definition) is 5. The van der Waals surface area contributed by atoms with Crippen LogP contribution in [-0.2, 0) is 16.0 Å². The Kier molecular flexibility index (Phi) is 7.72. The number of carbonyl (C=O) groups is 2. The summed E-state index contributed by atoms with van der Waals surface area (Å²) in [6.45, 7) is 1.35. The first-order chi connectivity index (χ1) is 9.31. The van der Waals surface area contributed by atoms with Gasteiger partial charge < -0.3 is 27.0 Å². The number of aromatic hydroxyl groups is 1. The third-order valence-electron chi connectivity index (χ3n) is 2.82. The molecule has 0 aliphatic rings. The summed E-state index contributed by atoms with van der Waals surface area (Å²) in [4.78, 5) is 22.9. The number of amides is 2. The molecule has 0 saturated heterocycles. The van der Waals surface area contributed by atoms with Crippen molar-refractivity contribution in [2.24, 2.45) is 11.5 Å². The zero-order valence-electron chi connectivity index (χ0n) is 11.5. The van der Waals surface area contributed by atoms with Crippen LogP contribution in [0, 0.1) is 0 Å². The topological polar surface area (TPSA) is 139 Å². The number of aliphatic hydroxyl groups excluding tert-OH is 1. The van der Waals surface area contributed by atoms with E-state index in [1.807, 2.05) is 0 Å². The maximum absolute atomic E-state index is 11.8. The van der Waals surface area contributed by atoms with E-state index >= 15 is 0 Å². The zero-order valence-corrected chi connectivity index (χ0v) is 12.3. The molecular weight excluding hydrogens is 298 g/mol. The van der Waals surface area contributed by atoms with Gasteiger partial charge in [-0.1, -0.05) is 12.1 Å². The highest BCUT2D eigenvalue weighted by atomic mass is 35.5. The largest absolute Gasteiger partial charge is 0.508 e. The van der Waals surface area contributed by atoms with Gasteiger partial charge in [-0.2, -0.15) is 0 Å². The molecule has 0 bridgehead atoms. The fourth-order valence-electron chi connectivity index (χ4n) is 1.67. The maximum atomic E-state index is 11.8. The van der Waals surface area contributed by atoms with Crippen LogP contribution in [0.15, 0.2) is 24.3 Å². The Labute approximate surface area is 128 Å². The van der Waals surface area contributed by atoms with E-state index in [1.165, 1.54) is 19.1 Å². The van der Waals surface area contributed by atoms with Crippen molar-refractivity contribution in [3.63, 3.8) is 0 Å². The van der Waals surface area contributed by atoms with E-state index in [9.17, 15) is 14.7 Å². The monoisotopic (exact) mass is 317 g/mol. The van der Waals surface area contributed by atoms with E-state index < -0.39 is 30.0 Å². The van der Waals surface area contributed by atoms with Gasteiger partial charge in [0, 0.05) is 0 Å². The fourth-order valence-corrected chi connectivity index (χ4v) is 1.67. The SMILES string of the molecule is C[C@@H](O)[C@H](NC(=O)[C@@H](N)Cc1ccc(O)cc1)C(N)=O.Cl. The summed E-state index contributed by atoms with van der Waals surface area (Å²) in [6.07, 6.45) is -0.866. The molecule has 0 fully saturated rings. The van der Waals surface area contributed by atoms with E-state index in [2.05, 4.69) is 5.32 Å². The molecule has 0 spiro atoms. The van der Waals surface area contributed by atoms with E-state index in [0.29, 0.717) is 0 Å². The Morgan fingerprint density at radius 2 is 1.81 bits per heavy atom. The lowest BCUT2D eigenvalue weighted by molar-refractivity contribution is -0.130. The van der Waals surface area contributed by atoms with E-state index in [-0.39, 0.29) is 24.6 Å². The summed E-state index contributed by atoms with van der Waals surface area (Å²) >= 11 is 0. The zero-order chi connectivity index (χ0) is 15.3. The molecule has 3 atom stereocenters. The number of primary amides is 1. The highest BCUT2D eigenvalue weighted by Gasteiger charge is 2.25. The summed E-state index contributed by atoms with van der Waals surface area (Å²) in [7, 11) is 0. The molecule has 1 rings (SSSR count). The van der Waals surface area contributed by atoms with Crippen LogP contribution in [-0.4, -0.2) is 40.2 Å². The molecule has 0 aliphatic carbocycles. The van der Waals surface area contributed by atoms with Gasteiger partial charge in [-0.05, 0) is 31.0 Å². The molecule has 0 aliphatic heterocycles. The van der Waals surface area contributed by atoms with Gasteiger partial charge in [-0.3, -0.25) is 9.59 Å². The molecule has 21 heavy (non-hydrogen) atoms. The quantitative estimate of drug-likeness (QED) is 0.459. The van der Waals surface area contributed by atoms with Crippen LogP contribution in [0.4, 0.5) is 0 Å². The average Bonchev–Trinajstić information content (AvgIpc) is 2.37. The number of phenols is 1. The lowest BCUT2D eigenvalue weighted by atomic mass is 10.0. The predicted octanol–water partition coefficient (Wildman–Crippen LogP) is -0.965. The second kappa shape index (κ2) is 8.46. The second-order valence-corrected chi connectivity index (χ2v) is 4.61. The van der Waals surface area contributed by atoms with Crippen molar-refractivity contribution in [2.75, 3.05) is 0 Å². The number of rotatable bonds is 6. The molecule has 0 aromatic heterocycles. The van der Waals surface area contributed by atoms with Crippen molar-refractivity contribution in [1.29, 1.82) is 0 Å². The summed E-state index contributed by atoms with van der Waals surface area (Å²) in [5.41, 5.74) is 11.6. The molecule has 1 aromatic rings. The Hall–Kier alpha value is -1.83. The number of nitrogens with one attached hydrogen (secondary N) is 1. The fraction of sp³-hybridized carbons (Fsp3) is 0.385. The third-order valence-corrected chi connectivity index (χ3v) is 2.82. The van der Waals surface area contributed by atoms with Gasteiger partial charge in [0.05, 0.1) is 12.1 Å². The summed E-state index contributed by atoms with van der Waals surface area (Å²) in [6, 6.07) is 4.20. The molecule has 118 valence electrons. The van der Waals surface area contributed by atoms with Crippen molar-refractivity contribution >= 4 is 24.2 Å². The Bertz CT molecular complexity index is 479. The highest BCUT2D eigenvalue weighted by Crippen LogP contribution is 2.11. The summed E-state index contributed by atoms with van der Waals surface area (Å²) < 4.78 is 0. The Morgan fingerprint density at radius 1 is 1.29 bits per heavy atom. The lowest BCUT2D eigenvalue weighted by Gasteiger charge is -2.20. The molecule has 0 heterocycles. The number of phenolic OH excluding ortho intramolecular Hbond substituents is 1. The van der Waals surface area contributed by atoms with Crippen LogP contribution in [0.1, 0.15) is 12.5 Å². The van der Waals surface area contributed by atoms with Crippen molar-refractivity contribution < 1.29 is 19.8 Å². The van der Waals surface area contributed by atoms with Crippen molar-refractivity contribution in [3.05, 3.63) is 29.8 Å². The smallest absolute Gasteiger partial charge is 0.242 e. The van der Waals surface area contributed by atoms with E-state index in [4.69, 9.17) is 16.6 Å². The molecule has 7 N–H and O–H groups in total. The van der Waals surface area contributed by atoms with Crippen LogP contribution in [0.5, 0.6) is 5.75 Å². The number of hydrogen-bond donors (Lipinski definition) is 5. The minimum atomic E-state index is -1.17. The molecular formula is C13H20ClN3O4. The van der Waals surface area contributed by atoms with Gasteiger partial charge in [0.1, 0.15) is 11.8 Å². The van der Waals surface area contributed by atoms with Gasteiger partial charge in [0.25, 0.3) is 0 Å². The first-order valence-corrected chi connectivity index (χ1v) is 6.12. The number of carbonyl (C=O) groups excluding carboxylic acids is 2. The minimum Gasteiger partial charge on any atom is -0.508 e. The Balaban J connectivity index is 0.00000400. The first-order valence-electron chi connectivity index (χ1n) is 6.12. The molecule has 8 heteroatoms. The number of nitrogens with two attached hydrogens (primary N) is 2. The molecule has 0 unspecified atom stereocenters. The average molecular weight is 318 g/mol. The Morgan fingerprint density at radius 3 is 2.24 bits per heavy atom. The predicted molar refractivity (Wildman–Crippen MR) is 79.8 cm³/mol.